The molecule has 10 rings (SSSR count). The maximum Gasteiger partial charge on any atom is 0.0538 e. The molecule has 2 aliphatic rings. The maximum atomic E-state index is 2.46. The Kier molecular flexibility index (Phi) is 7.33. The Bertz CT molecular complexity index is 2720. The second-order valence-electron chi connectivity index (χ2n) is 14.9. The summed E-state index contributed by atoms with van der Waals surface area (Å²) in [6.07, 6.45) is 8.84. The fraction of sp³-hybridized carbons (Fsp3) is 0.0980. The Morgan fingerprint density at radius 1 is 0.491 bits per heavy atom. The van der Waals surface area contributed by atoms with Crippen LogP contribution in [0.2, 0.25) is 0 Å². The van der Waals surface area contributed by atoms with E-state index in [0.717, 1.165) is 29.9 Å². The fourth-order valence-electron chi connectivity index (χ4n) is 8.75. The van der Waals surface area contributed by atoms with Crippen molar-refractivity contribution >= 4 is 44.6 Å². The minimum atomic E-state index is -0.0827. The monoisotopic (exact) mass is 680 g/mol. The lowest BCUT2D eigenvalue weighted by atomic mass is 9.82. The average molecular weight is 681 g/mol. The lowest BCUT2D eigenvalue weighted by Gasteiger charge is -2.28. The SMILES string of the molecule is CC1(C)c2ccccc2-c2ccc(N(c3ccc(-c4ccccc4)cc3)c3ccc(-c4ccc5c(c4)c4ccccc4n5C4=CC=CCC4)cc3)cc21. The van der Waals surface area contributed by atoms with Gasteiger partial charge in [-0.2, -0.15) is 0 Å². The van der Waals surface area contributed by atoms with Crippen LogP contribution in [0.3, 0.4) is 0 Å². The van der Waals surface area contributed by atoms with Crippen molar-refractivity contribution in [2.24, 2.45) is 0 Å². The van der Waals surface area contributed by atoms with Crippen molar-refractivity contribution < 1.29 is 0 Å². The molecule has 1 aromatic heterocycles. The van der Waals surface area contributed by atoms with Gasteiger partial charge in [0, 0.05) is 38.9 Å². The maximum absolute atomic E-state index is 2.46. The van der Waals surface area contributed by atoms with Crippen LogP contribution in [0.5, 0.6) is 0 Å². The van der Waals surface area contributed by atoms with E-state index in [2.05, 4.69) is 205 Å². The summed E-state index contributed by atoms with van der Waals surface area (Å²) in [4.78, 5) is 2.40. The molecule has 2 nitrogen and oxygen atoms in total. The average Bonchev–Trinajstić information content (AvgIpc) is 3.67. The fourth-order valence-corrected chi connectivity index (χ4v) is 8.75. The molecule has 0 bridgehead atoms. The number of nitrogens with zero attached hydrogens (tertiary/aromatic N) is 2. The normalized spacial score (nSPS) is 14.3. The molecule has 0 saturated carbocycles. The number of benzene rings is 7. The molecule has 0 radical (unpaired) electrons. The Labute approximate surface area is 311 Å². The van der Waals surface area contributed by atoms with E-state index in [1.54, 1.807) is 0 Å². The predicted molar refractivity (Wildman–Crippen MR) is 225 cm³/mol. The lowest BCUT2D eigenvalue weighted by molar-refractivity contribution is 0.660. The molecule has 0 unspecified atom stereocenters. The minimum Gasteiger partial charge on any atom is -0.313 e. The van der Waals surface area contributed by atoms with Gasteiger partial charge in [0.25, 0.3) is 0 Å². The molecule has 53 heavy (non-hydrogen) atoms. The van der Waals surface area contributed by atoms with Crippen LogP contribution in [0.4, 0.5) is 17.1 Å². The van der Waals surface area contributed by atoms with Crippen LogP contribution in [-0.4, -0.2) is 4.57 Å². The van der Waals surface area contributed by atoms with Gasteiger partial charge in [-0.3, -0.25) is 0 Å². The van der Waals surface area contributed by atoms with Crippen molar-refractivity contribution in [3.8, 4) is 33.4 Å². The molecule has 0 aliphatic heterocycles. The Morgan fingerprint density at radius 3 is 1.85 bits per heavy atom. The summed E-state index contributed by atoms with van der Waals surface area (Å²) in [7, 11) is 0. The summed E-state index contributed by atoms with van der Waals surface area (Å²) in [5.74, 6) is 0. The molecule has 0 atom stereocenters. The van der Waals surface area contributed by atoms with E-state index in [9.17, 15) is 0 Å². The summed E-state index contributed by atoms with van der Waals surface area (Å²) in [5.41, 5.74) is 17.5. The summed E-state index contributed by atoms with van der Waals surface area (Å²) in [6.45, 7) is 4.71. The van der Waals surface area contributed by atoms with Gasteiger partial charge in [-0.05, 0) is 118 Å². The number of rotatable bonds is 6. The molecule has 2 heteroatoms. The van der Waals surface area contributed by atoms with Crippen LogP contribution in [0.25, 0.3) is 60.9 Å². The number of hydrogen-bond donors (Lipinski definition) is 0. The Morgan fingerprint density at radius 2 is 1.09 bits per heavy atom. The van der Waals surface area contributed by atoms with Crippen LogP contribution in [0, 0.1) is 0 Å². The smallest absolute Gasteiger partial charge is 0.0538 e. The number of para-hydroxylation sites is 1. The molecule has 1 heterocycles. The van der Waals surface area contributed by atoms with Gasteiger partial charge in [0.05, 0.1) is 11.0 Å². The van der Waals surface area contributed by atoms with Gasteiger partial charge in [0.1, 0.15) is 0 Å². The first kappa shape index (κ1) is 31.4. The first-order chi connectivity index (χ1) is 26.0. The Balaban J connectivity index is 1.06. The number of allylic oxidation sites excluding steroid dienone is 4. The van der Waals surface area contributed by atoms with Gasteiger partial charge >= 0.3 is 0 Å². The third-order valence-corrected chi connectivity index (χ3v) is 11.5. The van der Waals surface area contributed by atoms with Crippen molar-refractivity contribution in [3.05, 3.63) is 193 Å². The molecule has 8 aromatic rings. The third kappa shape index (κ3) is 5.17. The lowest BCUT2D eigenvalue weighted by Crippen LogP contribution is -2.16. The molecule has 254 valence electrons. The van der Waals surface area contributed by atoms with Crippen molar-refractivity contribution in [2.45, 2.75) is 32.1 Å². The zero-order valence-electron chi connectivity index (χ0n) is 30.1. The standard InChI is InChI=1S/C51H40N2/c1-51(2)47-19-11-9-17-43(47)44-31-30-42(34-48(44)51)52(40-26-21-36(22-27-40)35-13-5-3-6-14-35)41-28-23-37(24-29-41)38-25-32-50-46(33-38)45-18-10-12-20-49(45)53(50)39-15-7-4-8-16-39/h3-7,9-15,17-34H,8,16H2,1-2H3. The highest BCUT2D eigenvalue weighted by molar-refractivity contribution is 6.11. The largest absolute Gasteiger partial charge is 0.313 e. The second-order valence-corrected chi connectivity index (χ2v) is 14.9. The topological polar surface area (TPSA) is 8.17 Å². The quantitative estimate of drug-likeness (QED) is 0.170. The number of hydrogen-bond acceptors (Lipinski definition) is 1. The highest BCUT2D eigenvalue weighted by atomic mass is 15.1. The number of anilines is 3. The van der Waals surface area contributed by atoms with Crippen LogP contribution in [0.1, 0.15) is 37.8 Å². The first-order valence-corrected chi connectivity index (χ1v) is 18.7. The third-order valence-electron chi connectivity index (χ3n) is 11.5. The van der Waals surface area contributed by atoms with E-state index in [1.165, 1.54) is 72.0 Å². The summed E-state index contributed by atoms with van der Waals surface area (Å²) in [6, 6.07) is 60.4. The number of fused-ring (bicyclic) bond motifs is 6. The van der Waals surface area contributed by atoms with Gasteiger partial charge in [-0.15, -0.1) is 0 Å². The van der Waals surface area contributed by atoms with Crippen molar-refractivity contribution in [3.63, 3.8) is 0 Å². The molecular formula is C51H40N2. The first-order valence-electron chi connectivity index (χ1n) is 18.7. The van der Waals surface area contributed by atoms with Gasteiger partial charge in [0.15, 0.2) is 0 Å². The van der Waals surface area contributed by atoms with Gasteiger partial charge in [-0.1, -0.05) is 135 Å². The van der Waals surface area contributed by atoms with E-state index in [1.807, 2.05) is 0 Å². The highest BCUT2D eigenvalue weighted by Crippen LogP contribution is 2.50. The summed E-state index contributed by atoms with van der Waals surface area (Å²) in [5, 5.41) is 2.59. The van der Waals surface area contributed by atoms with Crippen LogP contribution >= 0.6 is 0 Å². The summed E-state index contributed by atoms with van der Waals surface area (Å²) < 4.78 is 2.46. The highest BCUT2D eigenvalue weighted by Gasteiger charge is 2.35. The molecule has 7 aromatic carbocycles. The predicted octanol–water partition coefficient (Wildman–Crippen LogP) is 14.1. The van der Waals surface area contributed by atoms with Gasteiger partial charge < -0.3 is 9.47 Å². The van der Waals surface area contributed by atoms with Crippen LogP contribution in [-0.2, 0) is 5.41 Å². The van der Waals surface area contributed by atoms with Crippen molar-refractivity contribution in [1.82, 2.24) is 4.57 Å². The molecule has 0 amide bonds. The molecule has 2 aliphatic carbocycles. The van der Waals surface area contributed by atoms with Gasteiger partial charge in [0.2, 0.25) is 0 Å². The summed E-state index contributed by atoms with van der Waals surface area (Å²) >= 11 is 0. The van der Waals surface area contributed by atoms with Crippen LogP contribution < -0.4 is 4.90 Å². The molecule has 0 fully saturated rings. The molecule has 0 saturated heterocycles. The second kappa shape index (κ2) is 12.4. The zero-order chi connectivity index (χ0) is 35.5. The van der Waals surface area contributed by atoms with E-state index in [-0.39, 0.29) is 5.41 Å². The Hall–Kier alpha value is -6.38. The minimum absolute atomic E-state index is 0.0827. The molecule has 0 N–H and O–H groups in total. The molecular weight excluding hydrogens is 641 g/mol. The van der Waals surface area contributed by atoms with Gasteiger partial charge in [-0.25, -0.2) is 0 Å². The van der Waals surface area contributed by atoms with E-state index in [4.69, 9.17) is 0 Å². The van der Waals surface area contributed by atoms with Crippen molar-refractivity contribution in [2.75, 3.05) is 4.90 Å². The zero-order valence-corrected chi connectivity index (χ0v) is 30.1. The van der Waals surface area contributed by atoms with Crippen LogP contribution in [0.15, 0.2) is 182 Å². The molecule has 0 spiro atoms. The number of aromatic nitrogens is 1. The van der Waals surface area contributed by atoms with E-state index in [0.29, 0.717) is 0 Å². The van der Waals surface area contributed by atoms with Crippen molar-refractivity contribution in [1.29, 1.82) is 0 Å². The van der Waals surface area contributed by atoms with E-state index >= 15 is 0 Å². The van der Waals surface area contributed by atoms with E-state index < -0.39 is 0 Å².